The summed E-state index contributed by atoms with van der Waals surface area (Å²) in [6.45, 7) is 2.49. The topological polar surface area (TPSA) is 83.6 Å². The third kappa shape index (κ3) is 3.23. The van der Waals surface area contributed by atoms with Gasteiger partial charge >= 0.3 is 5.97 Å². The van der Waals surface area contributed by atoms with Crippen molar-refractivity contribution >= 4 is 23.6 Å². The summed E-state index contributed by atoms with van der Waals surface area (Å²) >= 11 is 1.62. The Hall–Kier alpha value is -0.750. The highest BCUT2D eigenvalue weighted by Gasteiger charge is 2.47. The molecule has 0 bridgehead atoms. The predicted molar refractivity (Wildman–Crippen MR) is 74.7 cm³/mol. The second-order valence-corrected chi connectivity index (χ2v) is 6.58. The van der Waals surface area contributed by atoms with Crippen LogP contribution in [0, 0.1) is 11.8 Å². The van der Waals surface area contributed by atoms with E-state index in [1.807, 2.05) is 6.92 Å². The van der Waals surface area contributed by atoms with Gasteiger partial charge in [0.2, 0.25) is 5.91 Å². The molecular weight excluding hydrogens is 264 g/mol. The van der Waals surface area contributed by atoms with Crippen molar-refractivity contribution < 1.29 is 14.7 Å². The molecule has 1 aliphatic carbocycles. The van der Waals surface area contributed by atoms with Crippen LogP contribution >= 0.6 is 11.8 Å². The summed E-state index contributed by atoms with van der Waals surface area (Å²) in [6, 6.07) is -0.654. The Kier molecular flexibility index (Phi) is 4.73. The number of carbonyl (C=O) groups is 2. The number of rotatable bonds is 6. The lowest BCUT2D eigenvalue weighted by Crippen LogP contribution is -2.47. The first-order chi connectivity index (χ1) is 9.08. The zero-order valence-electron chi connectivity index (χ0n) is 11.2. The first kappa shape index (κ1) is 14.7. The van der Waals surface area contributed by atoms with E-state index in [-0.39, 0.29) is 17.2 Å². The Labute approximate surface area is 117 Å². The van der Waals surface area contributed by atoms with Gasteiger partial charge in [0.25, 0.3) is 0 Å². The van der Waals surface area contributed by atoms with E-state index in [0.717, 1.165) is 19.3 Å². The van der Waals surface area contributed by atoms with Crippen LogP contribution in [0.15, 0.2) is 0 Å². The molecule has 0 aromatic rings. The fourth-order valence-corrected chi connectivity index (χ4v) is 4.18. The summed E-state index contributed by atoms with van der Waals surface area (Å²) in [4.78, 5) is 25.4. The van der Waals surface area contributed by atoms with Crippen LogP contribution in [0.3, 0.4) is 0 Å². The molecule has 3 N–H and O–H groups in total. The van der Waals surface area contributed by atoms with Gasteiger partial charge in [0.05, 0.1) is 5.37 Å². The van der Waals surface area contributed by atoms with Gasteiger partial charge in [-0.25, -0.2) is 4.79 Å². The van der Waals surface area contributed by atoms with Gasteiger partial charge in [0.1, 0.15) is 6.04 Å². The number of amides is 1. The monoisotopic (exact) mass is 286 g/mol. The van der Waals surface area contributed by atoms with Crippen molar-refractivity contribution in [2.24, 2.45) is 17.6 Å². The number of carboxylic acid groups (broad SMARTS) is 1. The number of thioether (sulfide) groups is 1. The average Bonchev–Trinajstić information content (AvgIpc) is 3.13. The van der Waals surface area contributed by atoms with Gasteiger partial charge in [-0.3, -0.25) is 4.79 Å². The van der Waals surface area contributed by atoms with Crippen LogP contribution < -0.4 is 5.73 Å². The predicted octanol–water partition coefficient (Wildman–Crippen LogP) is 1.13. The average molecular weight is 286 g/mol. The first-order valence-corrected chi connectivity index (χ1v) is 7.99. The lowest BCUT2D eigenvalue weighted by molar-refractivity contribution is -0.149. The minimum Gasteiger partial charge on any atom is -0.480 e. The molecule has 2 aliphatic rings. The molecule has 0 aromatic heterocycles. The minimum atomic E-state index is -0.884. The zero-order valence-corrected chi connectivity index (χ0v) is 12.1. The van der Waals surface area contributed by atoms with Crippen LogP contribution in [-0.2, 0) is 9.59 Å². The SMILES string of the molecule is CCC(CN)CC(=O)N1C(C(=O)O)CSC1C1CC1. The lowest BCUT2D eigenvalue weighted by atomic mass is 10.0. The Bertz CT molecular complexity index is 356. The molecule has 108 valence electrons. The Morgan fingerprint density at radius 3 is 2.63 bits per heavy atom. The van der Waals surface area contributed by atoms with Crippen LogP contribution in [0.5, 0.6) is 0 Å². The van der Waals surface area contributed by atoms with Crippen LogP contribution in [0.1, 0.15) is 32.6 Å². The van der Waals surface area contributed by atoms with E-state index < -0.39 is 12.0 Å². The van der Waals surface area contributed by atoms with E-state index in [1.165, 1.54) is 0 Å². The Morgan fingerprint density at radius 2 is 2.16 bits per heavy atom. The van der Waals surface area contributed by atoms with E-state index in [9.17, 15) is 14.7 Å². The summed E-state index contributed by atoms with van der Waals surface area (Å²) in [6.07, 6.45) is 3.46. The number of nitrogens with zero attached hydrogens (tertiary/aromatic N) is 1. The molecule has 0 spiro atoms. The Morgan fingerprint density at radius 1 is 1.47 bits per heavy atom. The Balaban J connectivity index is 2.06. The second kappa shape index (κ2) is 6.13. The maximum atomic E-state index is 12.4. The molecule has 2 fully saturated rings. The largest absolute Gasteiger partial charge is 0.480 e. The number of aliphatic carboxylic acids is 1. The minimum absolute atomic E-state index is 0.0356. The highest BCUT2D eigenvalue weighted by molar-refractivity contribution is 8.00. The highest BCUT2D eigenvalue weighted by Crippen LogP contribution is 2.45. The zero-order chi connectivity index (χ0) is 14.0. The number of nitrogens with two attached hydrogens (primary N) is 1. The summed E-state index contributed by atoms with van der Waals surface area (Å²) in [7, 11) is 0. The van der Waals surface area contributed by atoms with Gasteiger partial charge in [-0.05, 0) is 31.2 Å². The number of carboxylic acids is 1. The highest BCUT2D eigenvalue weighted by atomic mass is 32.2. The third-order valence-corrected chi connectivity index (χ3v) is 5.47. The molecule has 1 heterocycles. The molecular formula is C13H22N2O3S. The molecule has 1 saturated heterocycles. The fourth-order valence-electron chi connectivity index (χ4n) is 2.52. The normalized spacial score (nSPS) is 28.4. The van der Waals surface area contributed by atoms with Crippen LogP contribution in [0.25, 0.3) is 0 Å². The standard InChI is InChI=1S/C13H22N2O3S/c1-2-8(6-14)5-11(16)15-10(13(17)18)7-19-12(15)9-3-4-9/h8-10,12H,2-7,14H2,1H3,(H,17,18). The molecule has 0 radical (unpaired) electrons. The van der Waals surface area contributed by atoms with E-state index >= 15 is 0 Å². The quantitative estimate of drug-likeness (QED) is 0.764. The molecule has 1 amide bonds. The summed E-state index contributed by atoms with van der Waals surface area (Å²) in [5, 5.41) is 9.34. The molecule has 2 rings (SSSR count). The summed E-state index contributed by atoms with van der Waals surface area (Å²) in [5.74, 6) is 0.252. The molecule has 3 unspecified atom stereocenters. The number of hydrogen-bond donors (Lipinski definition) is 2. The molecule has 6 heteroatoms. The van der Waals surface area contributed by atoms with Crippen molar-refractivity contribution in [1.29, 1.82) is 0 Å². The molecule has 1 saturated carbocycles. The van der Waals surface area contributed by atoms with E-state index in [1.54, 1.807) is 16.7 Å². The number of hydrogen-bond acceptors (Lipinski definition) is 4. The molecule has 1 aliphatic heterocycles. The van der Waals surface area contributed by atoms with Crippen molar-refractivity contribution in [3.05, 3.63) is 0 Å². The van der Waals surface area contributed by atoms with Crippen molar-refractivity contribution in [1.82, 2.24) is 4.90 Å². The maximum absolute atomic E-state index is 12.4. The van der Waals surface area contributed by atoms with Crippen LogP contribution in [0.2, 0.25) is 0 Å². The van der Waals surface area contributed by atoms with Gasteiger partial charge in [0.15, 0.2) is 0 Å². The van der Waals surface area contributed by atoms with E-state index in [2.05, 4.69) is 0 Å². The molecule has 19 heavy (non-hydrogen) atoms. The van der Waals surface area contributed by atoms with Gasteiger partial charge in [-0.15, -0.1) is 11.8 Å². The lowest BCUT2D eigenvalue weighted by Gasteiger charge is -2.28. The number of carbonyl (C=O) groups excluding carboxylic acids is 1. The molecule has 0 aromatic carbocycles. The second-order valence-electron chi connectivity index (χ2n) is 5.43. The van der Waals surface area contributed by atoms with E-state index in [0.29, 0.717) is 24.6 Å². The van der Waals surface area contributed by atoms with Crippen LogP contribution in [0.4, 0.5) is 0 Å². The van der Waals surface area contributed by atoms with Gasteiger partial charge < -0.3 is 15.7 Å². The van der Waals surface area contributed by atoms with Crippen molar-refractivity contribution in [2.45, 2.75) is 44.0 Å². The van der Waals surface area contributed by atoms with Crippen molar-refractivity contribution in [2.75, 3.05) is 12.3 Å². The van der Waals surface area contributed by atoms with Crippen molar-refractivity contribution in [3.8, 4) is 0 Å². The van der Waals surface area contributed by atoms with Gasteiger partial charge in [-0.1, -0.05) is 13.3 Å². The van der Waals surface area contributed by atoms with Gasteiger partial charge in [0, 0.05) is 12.2 Å². The van der Waals surface area contributed by atoms with E-state index in [4.69, 9.17) is 5.73 Å². The van der Waals surface area contributed by atoms with Crippen LogP contribution in [-0.4, -0.2) is 45.6 Å². The first-order valence-electron chi connectivity index (χ1n) is 6.94. The summed E-state index contributed by atoms with van der Waals surface area (Å²) in [5.41, 5.74) is 5.64. The van der Waals surface area contributed by atoms with Gasteiger partial charge in [-0.2, -0.15) is 0 Å². The van der Waals surface area contributed by atoms with Crippen molar-refractivity contribution in [3.63, 3.8) is 0 Å². The summed E-state index contributed by atoms with van der Waals surface area (Å²) < 4.78 is 0. The maximum Gasteiger partial charge on any atom is 0.327 e. The molecule has 5 nitrogen and oxygen atoms in total. The smallest absolute Gasteiger partial charge is 0.327 e. The molecule has 3 atom stereocenters. The fraction of sp³-hybridized carbons (Fsp3) is 0.846. The third-order valence-electron chi connectivity index (χ3n) is 4.01.